The van der Waals surface area contributed by atoms with Crippen LogP contribution in [0.1, 0.15) is 52.7 Å². The predicted molar refractivity (Wildman–Crippen MR) is 168 cm³/mol. The van der Waals surface area contributed by atoms with Gasteiger partial charge in [0.15, 0.2) is 6.10 Å². The van der Waals surface area contributed by atoms with Crippen molar-refractivity contribution in [3.63, 3.8) is 0 Å². The zero-order valence-electron chi connectivity index (χ0n) is 24.3. The molecule has 2 N–H and O–H groups in total. The highest BCUT2D eigenvalue weighted by molar-refractivity contribution is 5.83. The Balaban J connectivity index is 1.04. The monoisotopic (exact) mass is 583 g/mol. The molecule has 44 heavy (non-hydrogen) atoms. The van der Waals surface area contributed by atoms with Gasteiger partial charge in [-0.25, -0.2) is 4.98 Å². The number of fused-ring (bicyclic) bond motifs is 1. The molecule has 7 rings (SSSR count). The van der Waals surface area contributed by atoms with Gasteiger partial charge in [0.2, 0.25) is 0 Å². The molecule has 0 saturated heterocycles. The van der Waals surface area contributed by atoms with Crippen LogP contribution in [0.4, 0.5) is 0 Å². The third kappa shape index (κ3) is 5.42. The third-order valence-corrected chi connectivity index (χ3v) is 8.78. The number of aromatic amines is 1. The van der Waals surface area contributed by atoms with Crippen molar-refractivity contribution in [2.24, 2.45) is 0 Å². The van der Waals surface area contributed by atoms with E-state index in [2.05, 4.69) is 17.1 Å². The molecule has 1 aliphatic heterocycles. The van der Waals surface area contributed by atoms with Crippen molar-refractivity contribution in [3.05, 3.63) is 153 Å². The van der Waals surface area contributed by atoms with Crippen LogP contribution in [0, 0.1) is 0 Å². The molecule has 5 aromatic rings. The predicted octanol–water partition coefficient (Wildman–Crippen LogP) is 5.71. The molecule has 220 valence electrons. The summed E-state index contributed by atoms with van der Waals surface area (Å²) < 4.78 is 5.90. The second kappa shape index (κ2) is 11.6. The summed E-state index contributed by atoms with van der Waals surface area (Å²) in [5.41, 5.74) is 5.38. The number of aliphatic hydroxyl groups is 1. The van der Waals surface area contributed by atoms with E-state index in [0.29, 0.717) is 36.5 Å². The molecule has 0 spiro atoms. The molecule has 7 heteroatoms. The first-order valence-corrected chi connectivity index (χ1v) is 15.0. The van der Waals surface area contributed by atoms with Crippen LogP contribution in [-0.2, 0) is 29.8 Å². The van der Waals surface area contributed by atoms with Gasteiger partial charge >= 0.3 is 0 Å². The maximum absolute atomic E-state index is 13.4. The van der Waals surface area contributed by atoms with E-state index in [1.165, 1.54) is 0 Å². The number of benzene rings is 4. The zero-order chi connectivity index (χ0) is 30.1. The zero-order valence-corrected chi connectivity index (χ0v) is 24.3. The van der Waals surface area contributed by atoms with Crippen molar-refractivity contribution >= 4 is 5.91 Å². The number of hydrogen-bond acceptors (Lipinski definition) is 5. The first kappa shape index (κ1) is 27.8. The first-order valence-electron chi connectivity index (χ1n) is 15.0. The fourth-order valence-corrected chi connectivity index (χ4v) is 6.07. The molecule has 4 aromatic carbocycles. The highest BCUT2D eigenvalue weighted by atomic mass is 16.5. The summed E-state index contributed by atoms with van der Waals surface area (Å²) in [6.45, 7) is 1.00. The van der Waals surface area contributed by atoms with E-state index in [-0.39, 0.29) is 17.5 Å². The third-order valence-electron chi connectivity index (χ3n) is 8.78. The molecular weight excluding hydrogens is 550 g/mol. The van der Waals surface area contributed by atoms with Crippen LogP contribution in [0.15, 0.2) is 114 Å². The fourth-order valence-electron chi connectivity index (χ4n) is 6.07. The molecule has 2 aliphatic rings. The standard InChI is InChI=1S/C37H33N3O4/c41-33(28-11-7-10-27(22-28)26-14-16-30(17-15-26)44-24-25-8-3-1-4-9-25)35(43)40-21-18-32-31(23-40)34(42)39-36(38-32)37(19-20-37)29-12-5-2-6-13-29/h1-17,22,33,41H,18-21,23-24H2,(H,38,39,42). The fraction of sp³-hybridized carbons (Fsp3) is 0.216. The number of amides is 1. The van der Waals surface area contributed by atoms with Crippen molar-refractivity contribution < 1.29 is 14.6 Å². The minimum absolute atomic E-state index is 0.121. The largest absolute Gasteiger partial charge is 0.489 e. The van der Waals surface area contributed by atoms with E-state index >= 15 is 0 Å². The summed E-state index contributed by atoms with van der Waals surface area (Å²) in [6.07, 6.45) is 1.01. The van der Waals surface area contributed by atoms with Crippen LogP contribution < -0.4 is 10.3 Å². The molecule has 2 heterocycles. The number of carbonyl (C=O) groups is 1. The maximum Gasteiger partial charge on any atom is 0.256 e. The van der Waals surface area contributed by atoms with Crippen LogP contribution in [0.3, 0.4) is 0 Å². The average molecular weight is 584 g/mol. The van der Waals surface area contributed by atoms with Crippen molar-refractivity contribution in [3.8, 4) is 16.9 Å². The molecule has 1 unspecified atom stereocenters. The van der Waals surface area contributed by atoms with Gasteiger partial charge < -0.3 is 19.7 Å². The number of aromatic nitrogens is 2. The summed E-state index contributed by atoms with van der Waals surface area (Å²) in [4.78, 5) is 36.2. The van der Waals surface area contributed by atoms with Crippen LogP contribution in [0.2, 0.25) is 0 Å². The maximum atomic E-state index is 13.4. The second-order valence-corrected chi connectivity index (χ2v) is 11.6. The quantitative estimate of drug-likeness (QED) is 0.244. The first-order chi connectivity index (χ1) is 21.5. The summed E-state index contributed by atoms with van der Waals surface area (Å²) in [5.74, 6) is 1.04. The number of ether oxygens (including phenoxy) is 1. The molecule has 0 radical (unpaired) electrons. The van der Waals surface area contributed by atoms with Crippen molar-refractivity contribution in [2.75, 3.05) is 6.54 Å². The van der Waals surface area contributed by atoms with Gasteiger partial charge in [0, 0.05) is 13.0 Å². The lowest BCUT2D eigenvalue weighted by molar-refractivity contribution is -0.141. The Morgan fingerprint density at radius 2 is 1.64 bits per heavy atom. The number of H-pyrrole nitrogens is 1. The molecule has 1 atom stereocenters. The topological polar surface area (TPSA) is 95.5 Å². The Hall–Kier alpha value is -5.01. The van der Waals surface area contributed by atoms with E-state index in [1.807, 2.05) is 91.0 Å². The highest BCUT2D eigenvalue weighted by Gasteiger charge is 2.48. The van der Waals surface area contributed by atoms with Gasteiger partial charge in [-0.1, -0.05) is 91.0 Å². The Morgan fingerprint density at radius 3 is 2.36 bits per heavy atom. The SMILES string of the molecule is O=C(C(O)c1cccc(-c2ccc(OCc3ccccc3)cc2)c1)N1CCc2nc(C3(c4ccccc4)CC3)[nH]c(=O)c2C1. The molecule has 7 nitrogen and oxygen atoms in total. The van der Waals surface area contributed by atoms with E-state index in [1.54, 1.807) is 11.0 Å². The molecule has 1 aromatic heterocycles. The lowest BCUT2D eigenvalue weighted by atomic mass is 9.94. The van der Waals surface area contributed by atoms with Gasteiger partial charge in [0.25, 0.3) is 11.5 Å². The lowest BCUT2D eigenvalue weighted by Crippen LogP contribution is -2.42. The van der Waals surface area contributed by atoms with Gasteiger partial charge in [0.05, 0.1) is 23.2 Å². The lowest BCUT2D eigenvalue weighted by Gasteiger charge is -2.30. The number of carbonyl (C=O) groups excluding carboxylic acids is 1. The number of nitrogens with zero attached hydrogens (tertiary/aromatic N) is 2. The molecule has 1 fully saturated rings. The molecule has 1 saturated carbocycles. The van der Waals surface area contributed by atoms with Crippen molar-refractivity contribution in [2.45, 2.75) is 43.9 Å². The second-order valence-electron chi connectivity index (χ2n) is 11.6. The van der Waals surface area contributed by atoms with Gasteiger partial charge in [-0.05, 0) is 58.9 Å². The van der Waals surface area contributed by atoms with Gasteiger partial charge in [0.1, 0.15) is 18.2 Å². The summed E-state index contributed by atoms with van der Waals surface area (Å²) in [5, 5.41) is 11.1. The minimum Gasteiger partial charge on any atom is -0.489 e. The minimum atomic E-state index is -1.34. The molecular formula is C37H33N3O4. The number of aliphatic hydroxyl groups excluding tert-OH is 1. The van der Waals surface area contributed by atoms with Crippen molar-refractivity contribution in [1.82, 2.24) is 14.9 Å². The highest BCUT2D eigenvalue weighted by Crippen LogP contribution is 2.52. The van der Waals surface area contributed by atoms with E-state index < -0.39 is 12.0 Å². The molecule has 1 amide bonds. The van der Waals surface area contributed by atoms with E-state index in [0.717, 1.165) is 46.5 Å². The normalized spacial score (nSPS) is 15.7. The van der Waals surface area contributed by atoms with Crippen LogP contribution in [-0.4, -0.2) is 32.4 Å². The Labute approximate surface area is 255 Å². The van der Waals surface area contributed by atoms with Crippen molar-refractivity contribution in [1.29, 1.82) is 0 Å². The summed E-state index contributed by atoms with van der Waals surface area (Å²) >= 11 is 0. The Kier molecular flexibility index (Phi) is 7.32. The van der Waals surface area contributed by atoms with E-state index in [9.17, 15) is 14.7 Å². The van der Waals surface area contributed by atoms with Crippen LogP contribution in [0.5, 0.6) is 5.75 Å². The summed E-state index contributed by atoms with van der Waals surface area (Å²) in [6, 6.07) is 35.3. The Morgan fingerprint density at radius 1 is 0.909 bits per heavy atom. The van der Waals surface area contributed by atoms with Crippen LogP contribution >= 0.6 is 0 Å². The van der Waals surface area contributed by atoms with Gasteiger partial charge in [-0.2, -0.15) is 0 Å². The number of hydrogen-bond donors (Lipinski definition) is 2. The molecule has 1 aliphatic carbocycles. The smallest absolute Gasteiger partial charge is 0.256 e. The van der Waals surface area contributed by atoms with Crippen LogP contribution in [0.25, 0.3) is 11.1 Å². The average Bonchev–Trinajstić information content (AvgIpc) is 3.90. The number of nitrogens with one attached hydrogen (secondary N) is 1. The molecule has 0 bridgehead atoms. The van der Waals surface area contributed by atoms with E-state index in [4.69, 9.17) is 9.72 Å². The van der Waals surface area contributed by atoms with Gasteiger partial charge in [-0.3, -0.25) is 9.59 Å². The summed E-state index contributed by atoms with van der Waals surface area (Å²) in [7, 11) is 0. The number of rotatable bonds is 8. The Bertz CT molecular complexity index is 1850. The van der Waals surface area contributed by atoms with Gasteiger partial charge in [-0.15, -0.1) is 0 Å².